The highest BCUT2D eigenvalue weighted by molar-refractivity contribution is 5.90. The summed E-state index contributed by atoms with van der Waals surface area (Å²) in [6, 6.07) is 8.29. The Morgan fingerprint density at radius 2 is 2.00 bits per heavy atom. The number of ether oxygens (including phenoxy) is 4. The van der Waals surface area contributed by atoms with Gasteiger partial charge >= 0.3 is 11.9 Å². The van der Waals surface area contributed by atoms with Crippen molar-refractivity contribution in [3.8, 4) is 0 Å². The first-order valence-corrected chi connectivity index (χ1v) is 8.15. The predicted molar refractivity (Wildman–Crippen MR) is 87.8 cm³/mol. The molecule has 1 unspecified atom stereocenters. The maximum atomic E-state index is 12.4. The van der Waals surface area contributed by atoms with Crippen molar-refractivity contribution in [1.82, 2.24) is 0 Å². The Hall–Kier alpha value is -1.96. The highest BCUT2D eigenvalue weighted by Crippen LogP contribution is 2.31. The summed E-state index contributed by atoms with van der Waals surface area (Å²) in [5, 5.41) is 10.7. The molecule has 1 fully saturated rings. The van der Waals surface area contributed by atoms with Crippen molar-refractivity contribution in [3.63, 3.8) is 0 Å². The standard InChI is InChI=1S/C18H24O7/c1-5-22-16(20)18(4,21)14(13-11-23-17(2,3)25-13)24-15(19)12-9-7-6-8-10-12/h6-10,13-14,21H,5,11H2,1-4H3/t13?,14-,18+/m1/s1. The molecular formula is C18H24O7. The van der Waals surface area contributed by atoms with E-state index in [1.807, 2.05) is 0 Å². The van der Waals surface area contributed by atoms with Gasteiger partial charge in [-0.1, -0.05) is 18.2 Å². The van der Waals surface area contributed by atoms with E-state index in [0.29, 0.717) is 5.56 Å². The van der Waals surface area contributed by atoms with Gasteiger partial charge in [0.2, 0.25) is 0 Å². The zero-order valence-corrected chi connectivity index (χ0v) is 14.9. The number of hydrogen-bond donors (Lipinski definition) is 1. The summed E-state index contributed by atoms with van der Waals surface area (Å²) >= 11 is 0. The molecule has 0 bridgehead atoms. The van der Waals surface area contributed by atoms with E-state index in [9.17, 15) is 14.7 Å². The SMILES string of the molecule is CCOC(=O)[C@@](C)(O)[C@H](OC(=O)c1ccccc1)C1COC(C)(C)O1. The second kappa shape index (κ2) is 7.51. The highest BCUT2D eigenvalue weighted by atomic mass is 16.8. The highest BCUT2D eigenvalue weighted by Gasteiger charge is 2.52. The summed E-state index contributed by atoms with van der Waals surface area (Å²) in [7, 11) is 0. The van der Waals surface area contributed by atoms with Crippen LogP contribution in [0.25, 0.3) is 0 Å². The van der Waals surface area contributed by atoms with Crippen LogP contribution in [-0.4, -0.2) is 53.9 Å². The fraction of sp³-hybridized carbons (Fsp3) is 0.556. The summed E-state index contributed by atoms with van der Waals surface area (Å²) in [5.74, 6) is -2.48. The van der Waals surface area contributed by atoms with Crippen LogP contribution >= 0.6 is 0 Å². The number of benzene rings is 1. The van der Waals surface area contributed by atoms with E-state index in [4.69, 9.17) is 18.9 Å². The molecule has 1 aromatic rings. The minimum absolute atomic E-state index is 0.0648. The fourth-order valence-corrected chi connectivity index (χ4v) is 2.57. The van der Waals surface area contributed by atoms with Gasteiger partial charge in [-0.05, 0) is 39.8 Å². The van der Waals surface area contributed by atoms with Gasteiger partial charge in [-0.15, -0.1) is 0 Å². The number of carbonyl (C=O) groups excluding carboxylic acids is 2. The average Bonchev–Trinajstić information content (AvgIpc) is 2.92. The lowest BCUT2D eigenvalue weighted by Gasteiger charge is -2.33. The van der Waals surface area contributed by atoms with Crippen LogP contribution in [0.4, 0.5) is 0 Å². The predicted octanol–water partition coefficient (Wildman–Crippen LogP) is 1.68. The Bertz CT molecular complexity index is 609. The molecule has 0 radical (unpaired) electrons. The molecule has 1 heterocycles. The molecule has 25 heavy (non-hydrogen) atoms. The van der Waals surface area contributed by atoms with Crippen molar-refractivity contribution in [1.29, 1.82) is 0 Å². The lowest BCUT2D eigenvalue weighted by molar-refractivity contribution is -0.195. The molecule has 1 aliphatic rings. The van der Waals surface area contributed by atoms with Crippen molar-refractivity contribution in [2.75, 3.05) is 13.2 Å². The second-order valence-electron chi connectivity index (χ2n) is 6.43. The largest absolute Gasteiger partial charge is 0.464 e. The molecule has 0 aliphatic carbocycles. The molecule has 1 saturated heterocycles. The summed E-state index contributed by atoms with van der Waals surface area (Å²) in [4.78, 5) is 24.6. The molecule has 1 N–H and O–H groups in total. The van der Waals surface area contributed by atoms with Crippen LogP contribution in [0, 0.1) is 0 Å². The Morgan fingerprint density at radius 3 is 2.52 bits per heavy atom. The van der Waals surface area contributed by atoms with Gasteiger partial charge < -0.3 is 24.1 Å². The molecule has 0 saturated carbocycles. The Labute approximate surface area is 146 Å². The van der Waals surface area contributed by atoms with Gasteiger partial charge in [0.1, 0.15) is 6.10 Å². The molecule has 2 rings (SSSR count). The molecular weight excluding hydrogens is 328 g/mol. The van der Waals surface area contributed by atoms with E-state index >= 15 is 0 Å². The normalized spacial score (nSPS) is 22.7. The van der Waals surface area contributed by atoms with Gasteiger partial charge in [0, 0.05) is 0 Å². The maximum absolute atomic E-state index is 12.4. The van der Waals surface area contributed by atoms with Crippen LogP contribution in [0.3, 0.4) is 0 Å². The van der Waals surface area contributed by atoms with E-state index in [0.717, 1.165) is 0 Å². The molecule has 1 aromatic carbocycles. The Kier molecular flexibility index (Phi) is 5.82. The fourth-order valence-electron chi connectivity index (χ4n) is 2.57. The Balaban J connectivity index is 2.26. The molecule has 0 spiro atoms. The van der Waals surface area contributed by atoms with Crippen molar-refractivity contribution in [2.24, 2.45) is 0 Å². The minimum atomic E-state index is -2.09. The van der Waals surface area contributed by atoms with Crippen LogP contribution in [0.1, 0.15) is 38.1 Å². The summed E-state index contributed by atoms with van der Waals surface area (Å²) in [6.45, 7) is 6.40. The van der Waals surface area contributed by atoms with Crippen molar-refractivity contribution < 1.29 is 33.6 Å². The number of aliphatic hydroxyl groups is 1. The minimum Gasteiger partial charge on any atom is -0.464 e. The van der Waals surface area contributed by atoms with Gasteiger partial charge in [0.05, 0.1) is 18.8 Å². The molecule has 7 heteroatoms. The number of hydrogen-bond acceptors (Lipinski definition) is 7. The van der Waals surface area contributed by atoms with E-state index < -0.39 is 35.5 Å². The van der Waals surface area contributed by atoms with Crippen molar-refractivity contribution in [2.45, 2.75) is 51.3 Å². The zero-order valence-electron chi connectivity index (χ0n) is 14.9. The second-order valence-corrected chi connectivity index (χ2v) is 6.43. The summed E-state index contributed by atoms with van der Waals surface area (Å²) < 4.78 is 21.5. The Morgan fingerprint density at radius 1 is 1.36 bits per heavy atom. The van der Waals surface area contributed by atoms with Gasteiger partial charge in [-0.2, -0.15) is 0 Å². The third kappa shape index (κ3) is 4.56. The van der Waals surface area contributed by atoms with E-state index in [-0.39, 0.29) is 13.2 Å². The quantitative estimate of drug-likeness (QED) is 0.779. The van der Waals surface area contributed by atoms with Crippen LogP contribution in [-0.2, 0) is 23.7 Å². The van der Waals surface area contributed by atoms with Gasteiger partial charge in [0.15, 0.2) is 17.5 Å². The number of carbonyl (C=O) groups is 2. The zero-order chi connectivity index (χ0) is 18.7. The smallest absolute Gasteiger partial charge is 0.341 e. The summed E-state index contributed by atoms with van der Waals surface area (Å²) in [5.41, 5.74) is -1.79. The van der Waals surface area contributed by atoms with Crippen LogP contribution < -0.4 is 0 Å². The lowest BCUT2D eigenvalue weighted by atomic mass is 9.94. The van der Waals surface area contributed by atoms with Gasteiger partial charge in [-0.25, -0.2) is 9.59 Å². The van der Waals surface area contributed by atoms with Gasteiger partial charge in [-0.3, -0.25) is 0 Å². The van der Waals surface area contributed by atoms with Crippen molar-refractivity contribution >= 4 is 11.9 Å². The molecule has 3 atom stereocenters. The number of esters is 2. The molecule has 138 valence electrons. The van der Waals surface area contributed by atoms with Gasteiger partial charge in [0.25, 0.3) is 0 Å². The van der Waals surface area contributed by atoms with Crippen LogP contribution in [0.15, 0.2) is 30.3 Å². The average molecular weight is 352 g/mol. The monoisotopic (exact) mass is 352 g/mol. The summed E-state index contributed by atoms with van der Waals surface area (Å²) in [6.07, 6.45) is -2.11. The van der Waals surface area contributed by atoms with Crippen LogP contribution in [0.2, 0.25) is 0 Å². The lowest BCUT2D eigenvalue weighted by Crippen LogP contribution is -2.56. The molecule has 0 amide bonds. The maximum Gasteiger partial charge on any atom is 0.341 e. The first kappa shape index (κ1) is 19.4. The first-order chi connectivity index (χ1) is 11.7. The topological polar surface area (TPSA) is 91.3 Å². The molecule has 7 nitrogen and oxygen atoms in total. The van der Waals surface area contributed by atoms with Crippen LogP contribution in [0.5, 0.6) is 0 Å². The third-order valence-electron chi connectivity index (χ3n) is 3.85. The van der Waals surface area contributed by atoms with Crippen molar-refractivity contribution in [3.05, 3.63) is 35.9 Å². The third-order valence-corrected chi connectivity index (χ3v) is 3.85. The van der Waals surface area contributed by atoms with E-state index in [1.54, 1.807) is 51.1 Å². The molecule has 0 aromatic heterocycles. The van der Waals surface area contributed by atoms with E-state index in [1.165, 1.54) is 6.92 Å². The number of rotatable bonds is 6. The first-order valence-electron chi connectivity index (χ1n) is 8.15. The molecule has 1 aliphatic heterocycles. The van der Waals surface area contributed by atoms with E-state index in [2.05, 4.69) is 0 Å².